The van der Waals surface area contributed by atoms with Crippen molar-refractivity contribution in [1.82, 2.24) is 4.90 Å². The second kappa shape index (κ2) is 10.7. The van der Waals surface area contributed by atoms with Crippen LogP contribution in [-0.2, 0) is 0 Å². The van der Waals surface area contributed by atoms with E-state index < -0.39 is 0 Å². The molecule has 1 rings (SSSR count). The topological polar surface area (TPSA) is 3.24 Å². The second-order valence-corrected chi connectivity index (χ2v) is 5.39. The van der Waals surface area contributed by atoms with Crippen molar-refractivity contribution < 1.29 is 0 Å². The quantitative estimate of drug-likeness (QED) is 0.450. The second-order valence-electron chi connectivity index (χ2n) is 5.39. The van der Waals surface area contributed by atoms with Crippen molar-refractivity contribution in [2.75, 3.05) is 13.1 Å². The molecule has 0 saturated heterocycles. The molecule has 0 aromatic heterocycles. The van der Waals surface area contributed by atoms with Crippen molar-refractivity contribution in [3.63, 3.8) is 0 Å². The van der Waals surface area contributed by atoms with Gasteiger partial charge in [0.15, 0.2) is 0 Å². The number of hydrogen-bond donors (Lipinski definition) is 0. The Hall–Kier alpha value is -0.460. The minimum absolute atomic E-state index is 1.26. The lowest BCUT2D eigenvalue weighted by atomic mass is 10.1. The van der Waals surface area contributed by atoms with E-state index in [1.165, 1.54) is 83.7 Å². The molecule has 0 saturated carbocycles. The van der Waals surface area contributed by atoms with Crippen LogP contribution in [-0.4, -0.2) is 18.0 Å². The monoisotopic (exact) mass is 237 g/mol. The lowest BCUT2D eigenvalue weighted by molar-refractivity contribution is 0.387. The van der Waals surface area contributed by atoms with E-state index in [0.717, 1.165) is 0 Å². The highest BCUT2D eigenvalue weighted by Gasteiger charge is 2.02. The van der Waals surface area contributed by atoms with Gasteiger partial charge < -0.3 is 4.90 Å². The van der Waals surface area contributed by atoms with Gasteiger partial charge in [0.2, 0.25) is 0 Å². The molecule has 0 aliphatic carbocycles. The Balaban J connectivity index is 1.71. The van der Waals surface area contributed by atoms with Gasteiger partial charge >= 0.3 is 0 Å². The molecule has 0 amide bonds. The van der Waals surface area contributed by atoms with E-state index in [9.17, 15) is 0 Å². The molecule has 0 unspecified atom stereocenters. The summed E-state index contributed by atoms with van der Waals surface area (Å²) in [5, 5.41) is 0. The van der Waals surface area contributed by atoms with Gasteiger partial charge in [-0.25, -0.2) is 0 Å². The summed E-state index contributed by atoms with van der Waals surface area (Å²) in [6, 6.07) is 0. The van der Waals surface area contributed by atoms with Crippen LogP contribution in [0, 0.1) is 0 Å². The number of nitrogens with zero attached hydrogens (tertiary/aromatic N) is 1. The first kappa shape index (κ1) is 14.6. The minimum atomic E-state index is 1.26. The zero-order valence-electron chi connectivity index (χ0n) is 11.8. The van der Waals surface area contributed by atoms with Crippen molar-refractivity contribution in [2.45, 2.75) is 77.6 Å². The summed E-state index contributed by atoms with van der Waals surface area (Å²) in [5.41, 5.74) is 0. The third kappa shape index (κ3) is 8.29. The van der Waals surface area contributed by atoms with Crippen LogP contribution >= 0.6 is 0 Å². The molecule has 1 nitrogen and oxygen atoms in total. The van der Waals surface area contributed by atoms with Crippen molar-refractivity contribution in [3.05, 3.63) is 12.3 Å². The summed E-state index contributed by atoms with van der Waals surface area (Å²) in [6.07, 6.45) is 20.2. The van der Waals surface area contributed by atoms with Gasteiger partial charge in [-0.15, -0.1) is 0 Å². The van der Waals surface area contributed by atoms with Crippen molar-refractivity contribution >= 4 is 0 Å². The van der Waals surface area contributed by atoms with E-state index in [2.05, 4.69) is 24.1 Å². The predicted octanol–water partition coefficient (Wildman–Crippen LogP) is 5.13. The fourth-order valence-electron chi connectivity index (χ4n) is 2.53. The molecule has 0 aromatic rings. The van der Waals surface area contributed by atoms with Crippen LogP contribution < -0.4 is 0 Å². The SMILES string of the molecule is CCCCCCCCCCCCN1C=CCC1. The maximum atomic E-state index is 2.46. The van der Waals surface area contributed by atoms with Gasteiger partial charge in [0.1, 0.15) is 0 Å². The maximum absolute atomic E-state index is 2.46. The zero-order valence-corrected chi connectivity index (χ0v) is 11.8. The number of unbranched alkanes of at least 4 members (excludes halogenated alkanes) is 9. The van der Waals surface area contributed by atoms with Crippen LogP contribution in [0.4, 0.5) is 0 Å². The van der Waals surface area contributed by atoms with Crippen LogP contribution in [0.25, 0.3) is 0 Å². The Morgan fingerprint density at radius 3 is 1.94 bits per heavy atom. The summed E-state index contributed by atoms with van der Waals surface area (Å²) < 4.78 is 0. The fourth-order valence-corrected chi connectivity index (χ4v) is 2.53. The van der Waals surface area contributed by atoms with Crippen LogP contribution in [0.1, 0.15) is 77.6 Å². The first-order valence-electron chi connectivity index (χ1n) is 7.84. The largest absolute Gasteiger partial charge is 0.377 e. The van der Waals surface area contributed by atoms with Gasteiger partial charge in [-0.05, 0) is 19.0 Å². The van der Waals surface area contributed by atoms with Crippen LogP contribution in [0.2, 0.25) is 0 Å². The van der Waals surface area contributed by atoms with Crippen LogP contribution in [0.3, 0.4) is 0 Å². The van der Waals surface area contributed by atoms with Crippen molar-refractivity contribution in [2.24, 2.45) is 0 Å². The molecule has 1 heteroatoms. The molecule has 0 radical (unpaired) electrons. The predicted molar refractivity (Wildman–Crippen MR) is 77.2 cm³/mol. The van der Waals surface area contributed by atoms with Crippen molar-refractivity contribution in [3.8, 4) is 0 Å². The van der Waals surface area contributed by atoms with Crippen molar-refractivity contribution in [1.29, 1.82) is 0 Å². The highest BCUT2D eigenvalue weighted by Crippen LogP contribution is 2.11. The lowest BCUT2D eigenvalue weighted by Gasteiger charge is -2.14. The summed E-state index contributed by atoms with van der Waals surface area (Å²) in [5.74, 6) is 0. The lowest BCUT2D eigenvalue weighted by Crippen LogP contribution is -2.15. The standard InChI is InChI=1S/C16H31N/c1-2-3-4-5-6-7-8-9-10-11-14-17-15-12-13-16-17/h12,15H,2-11,13-14,16H2,1H3. The molecular formula is C16H31N. The Labute approximate surface area is 108 Å². The summed E-state index contributed by atoms with van der Waals surface area (Å²) in [7, 11) is 0. The average molecular weight is 237 g/mol. The van der Waals surface area contributed by atoms with Gasteiger partial charge in [-0.1, -0.05) is 70.8 Å². The molecule has 0 aromatic carbocycles. The maximum Gasteiger partial charge on any atom is 0.0207 e. The fraction of sp³-hybridized carbons (Fsp3) is 0.875. The molecule has 0 spiro atoms. The molecule has 1 aliphatic rings. The van der Waals surface area contributed by atoms with Crippen LogP contribution in [0.5, 0.6) is 0 Å². The Morgan fingerprint density at radius 1 is 0.824 bits per heavy atom. The molecule has 0 atom stereocenters. The first-order valence-corrected chi connectivity index (χ1v) is 7.84. The molecule has 0 fully saturated rings. The molecule has 100 valence electrons. The summed E-state index contributed by atoms with van der Waals surface area (Å²) >= 11 is 0. The van der Waals surface area contributed by atoms with Gasteiger partial charge in [-0.2, -0.15) is 0 Å². The molecular weight excluding hydrogens is 206 g/mol. The van der Waals surface area contributed by atoms with E-state index in [-0.39, 0.29) is 0 Å². The number of rotatable bonds is 11. The highest BCUT2D eigenvalue weighted by atomic mass is 15.1. The normalized spacial score (nSPS) is 14.8. The molecule has 17 heavy (non-hydrogen) atoms. The third-order valence-electron chi connectivity index (χ3n) is 3.70. The smallest absolute Gasteiger partial charge is 0.0207 e. The first-order chi connectivity index (χ1) is 8.43. The van der Waals surface area contributed by atoms with E-state index in [4.69, 9.17) is 0 Å². The molecule has 0 N–H and O–H groups in total. The third-order valence-corrected chi connectivity index (χ3v) is 3.70. The Morgan fingerprint density at radius 2 is 1.41 bits per heavy atom. The van der Waals surface area contributed by atoms with E-state index in [1.54, 1.807) is 0 Å². The molecule has 0 bridgehead atoms. The Bertz CT molecular complexity index is 186. The van der Waals surface area contributed by atoms with Crippen LogP contribution in [0.15, 0.2) is 12.3 Å². The summed E-state index contributed by atoms with van der Waals surface area (Å²) in [4.78, 5) is 2.46. The Kier molecular flexibility index (Phi) is 9.17. The molecule has 1 aliphatic heterocycles. The van der Waals surface area contributed by atoms with E-state index in [0.29, 0.717) is 0 Å². The van der Waals surface area contributed by atoms with Gasteiger partial charge in [0.25, 0.3) is 0 Å². The zero-order chi connectivity index (χ0) is 12.2. The van der Waals surface area contributed by atoms with E-state index in [1.807, 2.05) is 0 Å². The van der Waals surface area contributed by atoms with Gasteiger partial charge in [0.05, 0.1) is 0 Å². The minimum Gasteiger partial charge on any atom is -0.377 e. The molecule has 1 heterocycles. The van der Waals surface area contributed by atoms with Gasteiger partial charge in [0, 0.05) is 13.1 Å². The average Bonchev–Trinajstić information content (AvgIpc) is 2.85. The highest BCUT2D eigenvalue weighted by molar-refractivity contribution is 4.90. The van der Waals surface area contributed by atoms with Gasteiger partial charge in [-0.3, -0.25) is 0 Å². The number of hydrogen-bond acceptors (Lipinski definition) is 1. The van der Waals surface area contributed by atoms with E-state index >= 15 is 0 Å². The summed E-state index contributed by atoms with van der Waals surface area (Å²) in [6.45, 7) is 4.83.